The van der Waals surface area contributed by atoms with Gasteiger partial charge in [-0.05, 0) is 14.1 Å². The van der Waals surface area contributed by atoms with Crippen LogP contribution in [0, 0.1) is 17.2 Å². The highest BCUT2D eigenvalue weighted by molar-refractivity contribution is 5.88. The van der Waals surface area contributed by atoms with Gasteiger partial charge in [-0.2, -0.15) is 18.4 Å². The fraction of sp³-hybridized carbons (Fsp3) is 0.714. The van der Waals surface area contributed by atoms with Gasteiger partial charge >= 0.3 is 6.18 Å². The van der Waals surface area contributed by atoms with Gasteiger partial charge in [-0.15, -0.1) is 0 Å². The van der Waals surface area contributed by atoms with Gasteiger partial charge < -0.3 is 4.90 Å². The SMILES string of the molecule is CN(C)CC(C#N)C(=O)C(F)(F)F. The lowest BCUT2D eigenvalue weighted by Gasteiger charge is -2.14. The minimum Gasteiger partial charge on any atom is -0.308 e. The van der Waals surface area contributed by atoms with Crippen LogP contribution in [0.1, 0.15) is 0 Å². The van der Waals surface area contributed by atoms with Crippen LogP contribution in [-0.2, 0) is 4.79 Å². The fourth-order valence-corrected chi connectivity index (χ4v) is 0.745. The van der Waals surface area contributed by atoms with E-state index in [4.69, 9.17) is 5.26 Å². The lowest BCUT2D eigenvalue weighted by Crippen LogP contribution is -2.35. The number of carbonyl (C=O) groups is 1. The summed E-state index contributed by atoms with van der Waals surface area (Å²) in [5.74, 6) is -3.61. The third kappa shape index (κ3) is 3.90. The van der Waals surface area contributed by atoms with Crippen LogP contribution in [0.15, 0.2) is 0 Å². The van der Waals surface area contributed by atoms with E-state index in [9.17, 15) is 18.0 Å². The summed E-state index contributed by atoms with van der Waals surface area (Å²) in [4.78, 5) is 11.9. The zero-order valence-corrected chi connectivity index (χ0v) is 7.22. The van der Waals surface area contributed by atoms with Crippen molar-refractivity contribution in [3.8, 4) is 6.07 Å². The minimum absolute atomic E-state index is 0.213. The summed E-state index contributed by atoms with van der Waals surface area (Å²) in [6.07, 6.45) is -4.92. The van der Waals surface area contributed by atoms with E-state index in [1.165, 1.54) is 25.1 Å². The molecule has 0 saturated heterocycles. The van der Waals surface area contributed by atoms with Gasteiger partial charge in [0.25, 0.3) is 5.78 Å². The topological polar surface area (TPSA) is 44.1 Å². The molecule has 0 saturated carbocycles. The molecule has 6 heteroatoms. The number of nitriles is 1. The Morgan fingerprint density at radius 3 is 2.23 bits per heavy atom. The van der Waals surface area contributed by atoms with Gasteiger partial charge in [0.15, 0.2) is 0 Å². The van der Waals surface area contributed by atoms with Crippen LogP contribution in [0.3, 0.4) is 0 Å². The number of carbonyl (C=O) groups excluding carboxylic acids is 1. The number of halogens is 3. The third-order valence-corrected chi connectivity index (χ3v) is 1.30. The van der Waals surface area contributed by atoms with E-state index < -0.39 is 17.9 Å². The van der Waals surface area contributed by atoms with Gasteiger partial charge in [0.05, 0.1) is 6.07 Å². The molecule has 0 amide bonds. The number of Topliss-reactive ketones (excluding diaryl/α,β-unsaturated/α-hetero) is 1. The Labute approximate surface area is 73.7 Å². The van der Waals surface area contributed by atoms with Crippen molar-refractivity contribution >= 4 is 5.78 Å². The molecule has 0 aromatic carbocycles. The highest BCUT2D eigenvalue weighted by atomic mass is 19.4. The second-order valence-electron chi connectivity index (χ2n) is 2.81. The lowest BCUT2D eigenvalue weighted by molar-refractivity contribution is -0.174. The number of hydrogen-bond donors (Lipinski definition) is 0. The molecule has 0 aliphatic carbocycles. The maximum Gasteiger partial charge on any atom is 0.451 e. The van der Waals surface area contributed by atoms with E-state index in [0.29, 0.717) is 0 Å². The second kappa shape index (κ2) is 4.23. The van der Waals surface area contributed by atoms with Crippen LogP contribution in [0.25, 0.3) is 0 Å². The van der Waals surface area contributed by atoms with Crippen LogP contribution in [-0.4, -0.2) is 37.5 Å². The standard InChI is InChI=1S/C7H9F3N2O/c1-12(2)4-5(3-11)6(13)7(8,9)10/h5H,4H2,1-2H3. The third-order valence-electron chi connectivity index (χ3n) is 1.30. The van der Waals surface area contributed by atoms with Crippen LogP contribution < -0.4 is 0 Å². The van der Waals surface area contributed by atoms with E-state index in [1.807, 2.05) is 0 Å². The van der Waals surface area contributed by atoms with Crippen molar-refractivity contribution in [2.75, 3.05) is 20.6 Å². The maximum atomic E-state index is 11.8. The molecule has 0 aromatic rings. The largest absolute Gasteiger partial charge is 0.451 e. The molecule has 0 aliphatic heterocycles. The molecule has 0 aliphatic rings. The Hall–Kier alpha value is -1.09. The molecule has 1 unspecified atom stereocenters. The molecule has 1 atom stereocenters. The fourth-order valence-electron chi connectivity index (χ4n) is 0.745. The predicted molar refractivity (Wildman–Crippen MR) is 38.7 cm³/mol. The van der Waals surface area contributed by atoms with E-state index in [0.717, 1.165) is 0 Å². The summed E-state index contributed by atoms with van der Waals surface area (Å²) in [5.41, 5.74) is 0. The van der Waals surface area contributed by atoms with Crippen molar-refractivity contribution in [2.45, 2.75) is 6.18 Å². The Morgan fingerprint density at radius 2 is 2.00 bits per heavy atom. The number of alkyl halides is 3. The quantitative estimate of drug-likeness (QED) is 0.668. The van der Waals surface area contributed by atoms with Crippen molar-refractivity contribution < 1.29 is 18.0 Å². The van der Waals surface area contributed by atoms with Crippen LogP contribution in [0.5, 0.6) is 0 Å². The number of rotatable bonds is 3. The molecule has 0 rings (SSSR count). The van der Waals surface area contributed by atoms with E-state index >= 15 is 0 Å². The summed E-state index contributed by atoms with van der Waals surface area (Å²) in [7, 11) is 2.99. The van der Waals surface area contributed by atoms with Gasteiger partial charge in [-0.25, -0.2) is 0 Å². The Bertz CT molecular complexity index is 229. The first-order chi connectivity index (χ1) is 5.79. The smallest absolute Gasteiger partial charge is 0.308 e. The predicted octanol–water partition coefficient (Wildman–Crippen LogP) is 0.819. The summed E-state index contributed by atoms with van der Waals surface area (Å²) in [5, 5.41) is 8.31. The van der Waals surface area contributed by atoms with E-state index in [-0.39, 0.29) is 6.54 Å². The number of nitrogens with zero attached hydrogens (tertiary/aromatic N) is 2. The lowest BCUT2D eigenvalue weighted by atomic mass is 10.1. The van der Waals surface area contributed by atoms with Gasteiger partial charge in [0.2, 0.25) is 0 Å². The van der Waals surface area contributed by atoms with Gasteiger partial charge in [-0.3, -0.25) is 4.79 Å². The van der Waals surface area contributed by atoms with Crippen molar-refractivity contribution in [3.63, 3.8) is 0 Å². The second-order valence-corrected chi connectivity index (χ2v) is 2.81. The van der Waals surface area contributed by atoms with Crippen molar-refractivity contribution in [3.05, 3.63) is 0 Å². The molecule has 0 fully saturated rings. The molecule has 0 aromatic heterocycles. The molecule has 0 spiro atoms. The first-order valence-electron chi connectivity index (χ1n) is 3.44. The highest BCUT2D eigenvalue weighted by Gasteiger charge is 2.43. The van der Waals surface area contributed by atoms with Crippen molar-refractivity contribution in [1.29, 1.82) is 5.26 Å². The number of hydrogen-bond acceptors (Lipinski definition) is 3. The average Bonchev–Trinajstić information content (AvgIpc) is 1.96. The summed E-state index contributed by atoms with van der Waals surface area (Å²) in [6.45, 7) is -0.213. The Balaban J connectivity index is 4.45. The molecular formula is C7H9F3N2O. The highest BCUT2D eigenvalue weighted by Crippen LogP contribution is 2.20. The van der Waals surface area contributed by atoms with Gasteiger partial charge in [0, 0.05) is 6.54 Å². The summed E-state index contributed by atoms with van der Waals surface area (Å²) in [6, 6.07) is 1.33. The molecule has 0 heterocycles. The minimum atomic E-state index is -4.92. The maximum absolute atomic E-state index is 11.8. The van der Waals surface area contributed by atoms with Gasteiger partial charge in [-0.1, -0.05) is 0 Å². The zero-order chi connectivity index (χ0) is 10.6. The first-order valence-corrected chi connectivity index (χ1v) is 3.44. The molecule has 0 bridgehead atoms. The Morgan fingerprint density at radius 1 is 1.54 bits per heavy atom. The summed E-state index contributed by atoms with van der Waals surface area (Å²) >= 11 is 0. The van der Waals surface area contributed by atoms with Crippen LogP contribution in [0.2, 0.25) is 0 Å². The number of ketones is 1. The molecule has 74 valence electrons. The Kier molecular flexibility index (Phi) is 3.88. The van der Waals surface area contributed by atoms with E-state index in [1.54, 1.807) is 0 Å². The van der Waals surface area contributed by atoms with Crippen molar-refractivity contribution in [1.82, 2.24) is 4.90 Å². The zero-order valence-electron chi connectivity index (χ0n) is 7.22. The average molecular weight is 194 g/mol. The molecule has 0 N–H and O–H groups in total. The molecule has 0 radical (unpaired) electrons. The van der Waals surface area contributed by atoms with Crippen LogP contribution >= 0.6 is 0 Å². The van der Waals surface area contributed by atoms with Gasteiger partial charge in [0.1, 0.15) is 5.92 Å². The van der Waals surface area contributed by atoms with E-state index in [2.05, 4.69) is 0 Å². The molecule has 3 nitrogen and oxygen atoms in total. The first kappa shape index (κ1) is 11.9. The summed E-state index contributed by atoms with van der Waals surface area (Å²) < 4.78 is 35.5. The van der Waals surface area contributed by atoms with Crippen LogP contribution in [0.4, 0.5) is 13.2 Å². The molecule has 13 heavy (non-hydrogen) atoms. The normalized spacial score (nSPS) is 13.9. The monoisotopic (exact) mass is 194 g/mol. The van der Waals surface area contributed by atoms with Crippen molar-refractivity contribution in [2.24, 2.45) is 5.92 Å². The molecular weight excluding hydrogens is 185 g/mol.